The summed E-state index contributed by atoms with van der Waals surface area (Å²) in [4.78, 5) is 12.3. The minimum atomic E-state index is 0.0274. The second kappa shape index (κ2) is 9.14. The Morgan fingerprint density at radius 2 is 1.61 bits per heavy atom. The zero-order valence-electron chi connectivity index (χ0n) is 14.2. The van der Waals surface area contributed by atoms with Crippen molar-refractivity contribution >= 4 is 5.91 Å². The van der Waals surface area contributed by atoms with Crippen LogP contribution in [0, 0.1) is 5.92 Å². The molecule has 0 bridgehead atoms. The van der Waals surface area contributed by atoms with E-state index < -0.39 is 0 Å². The van der Waals surface area contributed by atoms with Crippen LogP contribution in [0.3, 0.4) is 0 Å². The van der Waals surface area contributed by atoms with Crippen LogP contribution in [0.2, 0.25) is 0 Å². The minimum Gasteiger partial charge on any atom is -0.352 e. The van der Waals surface area contributed by atoms with Crippen LogP contribution in [-0.2, 0) is 0 Å². The Balaban J connectivity index is 1.92. The lowest BCUT2D eigenvalue weighted by Crippen LogP contribution is -2.29. The Hall–Kier alpha value is -2.09. The highest BCUT2D eigenvalue weighted by Crippen LogP contribution is 2.19. The van der Waals surface area contributed by atoms with E-state index in [0.717, 1.165) is 24.1 Å². The molecule has 2 rings (SSSR count). The van der Waals surface area contributed by atoms with Crippen molar-refractivity contribution in [2.45, 2.75) is 39.5 Å². The number of hydrogen-bond donors (Lipinski definition) is 1. The first-order valence-corrected chi connectivity index (χ1v) is 8.68. The van der Waals surface area contributed by atoms with Crippen molar-refractivity contribution in [1.82, 2.24) is 5.32 Å². The van der Waals surface area contributed by atoms with Gasteiger partial charge in [0.1, 0.15) is 0 Å². The Labute approximate surface area is 139 Å². The monoisotopic (exact) mass is 309 g/mol. The second-order valence-corrected chi connectivity index (χ2v) is 6.07. The molecule has 2 aromatic carbocycles. The molecule has 2 aromatic rings. The third kappa shape index (κ3) is 5.24. The fraction of sp³-hybridized carbons (Fsp3) is 0.381. The summed E-state index contributed by atoms with van der Waals surface area (Å²) in [6, 6.07) is 18.1. The van der Waals surface area contributed by atoms with Crippen LogP contribution in [0.25, 0.3) is 11.1 Å². The summed E-state index contributed by atoms with van der Waals surface area (Å²) in [6.45, 7) is 5.18. The molecule has 2 nitrogen and oxygen atoms in total. The third-order valence-corrected chi connectivity index (χ3v) is 4.35. The normalized spacial score (nSPS) is 11.9. The van der Waals surface area contributed by atoms with Gasteiger partial charge in [0.25, 0.3) is 5.91 Å². The van der Waals surface area contributed by atoms with Gasteiger partial charge in [0.15, 0.2) is 0 Å². The molecule has 0 aliphatic heterocycles. The number of benzene rings is 2. The van der Waals surface area contributed by atoms with Crippen molar-refractivity contribution < 1.29 is 4.79 Å². The summed E-state index contributed by atoms with van der Waals surface area (Å²) in [6.07, 6.45) is 4.76. The Bertz CT molecular complexity index is 589. The zero-order chi connectivity index (χ0) is 16.5. The summed E-state index contributed by atoms with van der Waals surface area (Å²) in [5.74, 6) is 0.613. The van der Waals surface area contributed by atoms with Crippen molar-refractivity contribution in [3.8, 4) is 11.1 Å². The van der Waals surface area contributed by atoms with E-state index in [1.807, 2.05) is 42.5 Å². The molecule has 0 aliphatic carbocycles. The highest BCUT2D eigenvalue weighted by molar-refractivity contribution is 5.94. The average Bonchev–Trinajstić information content (AvgIpc) is 2.62. The number of rotatable bonds is 8. The van der Waals surface area contributed by atoms with Crippen molar-refractivity contribution in [2.24, 2.45) is 5.92 Å². The van der Waals surface area contributed by atoms with Gasteiger partial charge in [0.2, 0.25) is 0 Å². The maximum Gasteiger partial charge on any atom is 0.251 e. The zero-order valence-corrected chi connectivity index (χ0v) is 14.2. The molecular weight excluding hydrogens is 282 g/mol. The molecular formula is C21H27NO. The Morgan fingerprint density at radius 3 is 2.22 bits per heavy atom. The van der Waals surface area contributed by atoms with E-state index in [1.54, 1.807) is 0 Å². The molecule has 2 heteroatoms. The highest BCUT2D eigenvalue weighted by atomic mass is 16.1. The molecule has 0 saturated heterocycles. The highest BCUT2D eigenvalue weighted by Gasteiger charge is 2.10. The van der Waals surface area contributed by atoms with Gasteiger partial charge in [-0.3, -0.25) is 4.79 Å². The number of hydrogen-bond acceptors (Lipinski definition) is 1. The lowest BCUT2D eigenvalue weighted by Gasteiger charge is -2.15. The first kappa shape index (κ1) is 17.3. The van der Waals surface area contributed by atoms with Gasteiger partial charge >= 0.3 is 0 Å². The standard InChI is InChI=1S/C21H27NO/c1-3-5-9-17(4-2)16-22-21(23)20-14-12-19(13-15-20)18-10-7-6-8-11-18/h6-8,10-15,17H,3-5,9,16H2,1-2H3,(H,22,23)/t17-/m0/s1. The smallest absolute Gasteiger partial charge is 0.251 e. The molecule has 0 aromatic heterocycles. The molecule has 1 atom stereocenters. The van der Waals surface area contributed by atoms with Crippen LogP contribution in [0.4, 0.5) is 0 Å². The van der Waals surface area contributed by atoms with Gasteiger partial charge in [-0.2, -0.15) is 0 Å². The van der Waals surface area contributed by atoms with Gasteiger partial charge < -0.3 is 5.32 Å². The van der Waals surface area contributed by atoms with E-state index in [4.69, 9.17) is 0 Å². The van der Waals surface area contributed by atoms with Gasteiger partial charge in [0, 0.05) is 12.1 Å². The quantitative estimate of drug-likeness (QED) is 0.704. The SMILES string of the molecule is CCCC[C@H](CC)CNC(=O)c1ccc(-c2ccccc2)cc1. The Morgan fingerprint density at radius 1 is 0.957 bits per heavy atom. The van der Waals surface area contributed by atoms with E-state index in [0.29, 0.717) is 5.92 Å². The largest absolute Gasteiger partial charge is 0.352 e. The van der Waals surface area contributed by atoms with Gasteiger partial charge in [-0.25, -0.2) is 0 Å². The predicted octanol–water partition coefficient (Wildman–Crippen LogP) is 5.30. The molecule has 122 valence electrons. The van der Waals surface area contributed by atoms with Crippen molar-refractivity contribution in [3.05, 3.63) is 60.2 Å². The molecule has 0 spiro atoms. The minimum absolute atomic E-state index is 0.0274. The van der Waals surface area contributed by atoms with Crippen LogP contribution in [0.5, 0.6) is 0 Å². The second-order valence-electron chi connectivity index (χ2n) is 6.07. The number of nitrogens with one attached hydrogen (secondary N) is 1. The number of carbonyl (C=O) groups is 1. The van der Waals surface area contributed by atoms with Crippen LogP contribution >= 0.6 is 0 Å². The van der Waals surface area contributed by atoms with Crippen LogP contribution < -0.4 is 5.32 Å². The summed E-state index contributed by atoms with van der Waals surface area (Å²) >= 11 is 0. The number of unbranched alkanes of at least 4 members (excludes halogenated alkanes) is 1. The topological polar surface area (TPSA) is 29.1 Å². The third-order valence-electron chi connectivity index (χ3n) is 4.35. The van der Waals surface area contributed by atoms with E-state index in [2.05, 4.69) is 31.3 Å². The number of carbonyl (C=O) groups excluding carboxylic acids is 1. The van der Waals surface area contributed by atoms with Crippen LogP contribution in [-0.4, -0.2) is 12.5 Å². The van der Waals surface area contributed by atoms with Crippen LogP contribution in [0.1, 0.15) is 49.9 Å². The fourth-order valence-electron chi connectivity index (χ4n) is 2.73. The fourth-order valence-corrected chi connectivity index (χ4v) is 2.73. The Kier molecular flexibility index (Phi) is 6.86. The van der Waals surface area contributed by atoms with E-state index in [1.165, 1.54) is 24.8 Å². The molecule has 0 saturated carbocycles. The van der Waals surface area contributed by atoms with E-state index >= 15 is 0 Å². The van der Waals surface area contributed by atoms with Crippen molar-refractivity contribution in [1.29, 1.82) is 0 Å². The molecule has 1 amide bonds. The molecule has 0 radical (unpaired) electrons. The van der Waals surface area contributed by atoms with Gasteiger partial charge in [-0.1, -0.05) is 75.6 Å². The molecule has 23 heavy (non-hydrogen) atoms. The molecule has 1 N–H and O–H groups in total. The van der Waals surface area contributed by atoms with E-state index in [9.17, 15) is 4.79 Å². The molecule has 0 heterocycles. The maximum atomic E-state index is 12.3. The maximum absolute atomic E-state index is 12.3. The van der Waals surface area contributed by atoms with Crippen molar-refractivity contribution in [3.63, 3.8) is 0 Å². The molecule has 0 fully saturated rings. The first-order chi connectivity index (χ1) is 11.2. The van der Waals surface area contributed by atoms with E-state index in [-0.39, 0.29) is 5.91 Å². The van der Waals surface area contributed by atoms with Crippen molar-refractivity contribution in [2.75, 3.05) is 6.54 Å². The lowest BCUT2D eigenvalue weighted by molar-refractivity contribution is 0.0946. The summed E-state index contributed by atoms with van der Waals surface area (Å²) in [7, 11) is 0. The summed E-state index contributed by atoms with van der Waals surface area (Å²) in [5, 5.41) is 3.08. The molecule has 0 aliphatic rings. The lowest BCUT2D eigenvalue weighted by atomic mass is 9.99. The molecule has 0 unspecified atom stereocenters. The van der Waals surface area contributed by atoms with Gasteiger partial charge in [-0.05, 0) is 35.6 Å². The summed E-state index contributed by atoms with van der Waals surface area (Å²) in [5.41, 5.74) is 3.04. The number of amides is 1. The average molecular weight is 309 g/mol. The predicted molar refractivity (Wildman–Crippen MR) is 97.5 cm³/mol. The van der Waals surface area contributed by atoms with Crippen LogP contribution in [0.15, 0.2) is 54.6 Å². The summed E-state index contributed by atoms with van der Waals surface area (Å²) < 4.78 is 0. The van der Waals surface area contributed by atoms with Gasteiger partial charge in [0.05, 0.1) is 0 Å². The van der Waals surface area contributed by atoms with Gasteiger partial charge in [-0.15, -0.1) is 0 Å². The first-order valence-electron chi connectivity index (χ1n) is 8.68.